The van der Waals surface area contributed by atoms with Crippen molar-refractivity contribution in [3.63, 3.8) is 0 Å². The Labute approximate surface area is 216 Å². The van der Waals surface area contributed by atoms with Crippen LogP contribution in [-0.4, -0.2) is 18.3 Å². The second kappa shape index (κ2) is 15.2. The van der Waals surface area contributed by atoms with Crippen LogP contribution in [0.3, 0.4) is 0 Å². The summed E-state index contributed by atoms with van der Waals surface area (Å²) in [5, 5.41) is 0.876. The number of hydrogen-bond donors (Lipinski definition) is 0. The van der Waals surface area contributed by atoms with E-state index in [0.29, 0.717) is 31.3 Å². The first-order chi connectivity index (χ1) is 17.7. The number of pyridine rings is 1. The highest BCUT2D eigenvalue weighted by atomic mass is 16.5. The van der Waals surface area contributed by atoms with E-state index in [0.717, 1.165) is 54.3 Å². The molecule has 0 saturated carbocycles. The Balaban J connectivity index is 1.96. The van der Waals surface area contributed by atoms with Gasteiger partial charge in [0.2, 0.25) is 5.75 Å². The maximum Gasteiger partial charge on any atom is 0.297 e. The number of fused-ring (bicyclic) bond motifs is 1. The number of ether oxygens (including phenoxy) is 3. The predicted molar refractivity (Wildman–Crippen MR) is 149 cm³/mol. The highest BCUT2D eigenvalue weighted by Crippen LogP contribution is 2.35. The first-order valence-corrected chi connectivity index (χ1v) is 13.7. The van der Waals surface area contributed by atoms with Crippen LogP contribution < -0.4 is 19.8 Å². The van der Waals surface area contributed by atoms with E-state index in [1.54, 1.807) is 7.11 Å². The number of aryl methyl sites for hydroxylation is 1. The SMILES string of the molecule is CCCCCCCCn1c(=O)c(OCCCCCC)c(OCc2ccccc2)c2ccc(OC)cc21. The number of nitrogens with zero attached hydrogens (tertiary/aromatic N) is 1. The second-order valence-electron chi connectivity index (χ2n) is 9.45. The number of rotatable bonds is 17. The van der Waals surface area contributed by atoms with Crippen molar-refractivity contribution in [2.24, 2.45) is 0 Å². The number of unbranched alkanes of at least 4 members (excludes halogenated alkanes) is 8. The van der Waals surface area contributed by atoms with Crippen molar-refractivity contribution < 1.29 is 14.2 Å². The van der Waals surface area contributed by atoms with Gasteiger partial charge in [0.05, 0.1) is 19.2 Å². The van der Waals surface area contributed by atoms with Gasteiger partial charge >= 0.3 is 0 Å². The molecule has 3 aromatic rings. The molecule has 0 fully saturated rings. The third-order valence-electron chi connectivity index (χ3n) is 6.59. The van der Waals surface area contributed by atoms with Crippen LogP contribution in [0.4, 0.5) is 0 Å². The first-order valence-electron chi connectivity index (χ1n) is 13.7. The van der Waals surface area contributed by atoms with Gasteiger partial charge in [-0.3, -0.25) is 4.79 Å². The van der Waals surface area contributed by atoms with Gasteiger partial charge in [-0.1, -0.05) is 95.5 Å². The van der Waals surface area contributed by atoms with Crippen LogP contribution in [-0.2, 0) is 13.2 Å². The normalized spacial score (nSPS) is 11.1. The van der Waals surface area contributed by atoms with Crippen molar-refractivity contribution in [2.75, 3.05) is 13.7 Å². The molecule has 0 aliphatic carbocycles. The molecule has 0 aliphatic rings. The lowest BCUT2D eigenvalue weighted by atomic mass is 10.1. The molecule has 1 aromatic heterocycles. The minimum Gasteiger partial charge on any atom is -0.497 e. The maximum absolute atomic E-state index is 13.8. The van der Waals surface area contributed by atoms with Crippen LogP contribution >= 0.6 is 0 Å². The summed E-state index contributed by atoms with van der Waals surface area (Å²) in [6, 6.07) is 15.9. The molecule has 0 amide bonds. The zero-order valence-electron chi connectivity index (χ0n) is 22.4. The summed E-state index contributed by atoms with van der Waals surface area (Å²) < 4.78 is 19.8. The molecular formula is C31H43NO4. The van der Waals surface area contributed by atoms with Crippen LogP contribution in [0.2, 0.25) is 0 Å². The number of benzene rings is 2. The monoisotopic (exact) mass is 493 g/mol. The average molecular weight is 494 g/mol. The van der Waals surface area contributed by atoms with Crippen molar-refractivity contribution >= 4 is 10.9 Å². The Bertz CT molecular complexity index is 1110. The van der Waals surface area contributed by atoms with Gasteiger partial charge in [-0.05, 0) is 30.5 Å². The number of methoxy groups -OCH3 is 1. The van der Waals surface area contributed by atoms with E-state index < -0.39 is 0 Å². The lowest BCUT2D eigenvalue weighted by Crippen LogP contribution is -2.24. The summed E-state index contributed by atoms with van der Waals surface area (Å²) in [6.45, 7) is 5.95. The van der Waals surface area contributed by atoms with E-state index >= 15 is 0 Å². The van der Waals surface area contributed by atoms with Gasteiger partial charge in [-0.15, -0.1) is 0 Å². The van der Waals surface area contributed by atoms with Gasteiger partial charge in [-0.2, -0.15) is 0 Å². The standard InChI is InChI=1S/C31H43NO4/c1-4-6-8-10-11-15-21-32-28-23-26(34-3)19-20-27(28)29(36-24-25-17-13-12-14-18-25)30(31(32)33)35-22-16-9-7-5-2/h12-14,17-20,23H,4-11,15-16,21-22,24H2,1-3H3. The van der Waals surface area contributed by atoms with Crippen molar-refractivity contribution in [2.45, 2.75) is 91.2 Å². The summed E-state index contributed by atoms with van der Waals surface area (Å²) in [5.41, 5.74) is 1.75. The average Bonchev–Trinajstić information content (AvgIpc) is 2.91. The quantitative estimate of drug-likeness (QED) is 0.179. The fourth-order valence-corrected chi connectivity index (χ4v) is 4.48. The molecule has 0 spiro atoms. The minimum absolute atomic E-state index is 0.122. The molecule has 0 saturated heterocycles. The van der Waals surface area contributed by atoms with E-state index in [4.69, 9.17) is 14.2 Å². The summed E-state index contributed by atoms with van der Waals surface area (Å²) >= 11 is 0. The molecule has 196 valence electrons. The van der Waals surface area contributed by atoms with Crippen LogP contribution in [0.5, 0.6) is 17.2 Å². The molecule has 5 heteroatoms. The Morgan fingerprint density at radius 3 is 2.17 bits per heavy atom. The van der Waals surface area contributed by atoms with Crippen molar-refractivity contribution in [3.8, 4) is 17.2 Å². The lowest BCUT2D eigenvalue weighted by molar-refractivity contribution is 0.255. The van der Waals surface area contributed by atoms with E-state index in [1.807, 2.05) is 53.1 Å². The van der Waals surface area contributed by atoms with Crippen LogP contribution in [0.25, 0.3) is 10.9 Å². The largest absolute Gasteiger partial charge is 0.497 e. The first kappa shape index (κ1) is 27.6. The summed E-state index contributed by atoms with van der Waals surface area (Å²) in [5.74, 6) is 1.57. The van der Waals surface area contributed by atoms with Crippen LogP contribution in [0, 0.1) is 0 Å². The lowest BCUT2D eigenvalue weighted by Gasteiger charge is -2.19. The van der Waals surface area contributed by atoms with Crippen LogP contribution in [0.1, 0.15) is 83.6 Å². The van der Waals surface area contributed by atoms with E-state index in [2.05, 4.69) is 13.8 Å². The summed E-state index contributed by atoms with van der Waals surface area (Å²) in [7, 11) is 1.65. The third kappa shape index (κ3) is 7.78. The van der Waals surface area contributed by atoms with Crippen molar-refractivity contribution in [1.82, 2.24) is 4.57 Å². The highest BCUT2D eigenvalue weighted by Gasteiger charge is 2.20. The molecule has 0 atom stereocenters. The highest BCUT2D eigenvalue weighted by molar-refractivity contribution is 5.89. The molecule has 0 unspecified atom stereocenters. The number of hydrogen-bond acceptors (Lipinski definition) is 4. The molecular weight excluding hydrogens is 450 g/mol. The summed E-state index contributed by atoms with van der Waals surface area (Å²) in [4.78, 5) is 13.8. The molecule has 0 bridgehead atoms. The van der Waals surface area contributed by atoms with Gasteiger partial charge in [0.25, 0.3) is 5.56 Å². The van der Waals surface area contributed by atoms with Gasteiger partial charge < -0.3 is 18.8 Å². The van der Waals surface area contributed by atoms with Gasteiger partial charge in [0.15, 0.2) is 5.75 Å². The molecule has 5 nitrogen and oxygen atoms in total. The Hall–Kier alpha value is -2.95. The van der Waals surface area contributed by atoms with E-state index in [9.17, 15) is 4.79 Å². The molecule has 1 heterocycles. The molecule has 2 aromatic carbocycles. The van der Waals surface area contributed by atoms with Crippen LogP contribution in [0.15, 0.2) is 53.3 Å². The Morgan fingerprint density at radius 1 is 0.750 bits per heavy atom. The third-order valence-corrected chi connectivity index (χ3v) is 6.59. The molecule has 0 radical (unpaired) electrons. The molecule has 0 aliphatic heterocycles. The topological polar surface area (TPSA) is 49.7 Å². The zero-order valence-corrected chi connectivity index (χ0v) is 22.4. The fourth-order valence-electron chi connectivity index (χ4n) is 4.48. The van der Waals surface area contributed by atoms with Gasteiger partial charge in [0, 0.05) is 18.0 Å². The van der Waals surface area contributed by atoms with E-state index in [1.165, 1.54) is 32.1 Å². The number of aromatic nitrogens is 1. The zero-order chi connectivity index (χ0) is 25.6. The summed E-state index contributed by atoms with van der Waals surface area (Å²) in [6.07, 6.45) is 11.3. The Kier molecular flexibility index (Phi) is 11.7. The maximum atomic E-state index is 13.8. The van der Waals surface area contributed by atoms with Crippen molar-refractivity contribution in [1.29, 1.82) is 0 Å². The molecule has 36 heavy (non-hydrogen) atoms. The second-order valence-corrected chi connectivity index (χ2v) is 9.45. The Morgan fingerprint density at radius 2 is 1.44 bits per heavy atom. The van der Waals surface area contributed by atoms with Gasteiger partial charge in [-0.25, -0.2) is 0 Å². The smallest absolute Gasteiger partial charge is 0.297 e. The van der Waals surface area contributed by atoms with Crippen molar-refractivity contribution in [3.05, 3.63) is 64.4 Å². The fraction of sp³-hybridized carbons (Fsp3) is 0.516. The molecule has 3 rings (SSSR count). The molecule has 0 N–H and O–H groups in total. The predicted octanol–water partition coefficient (Wildman–Crippen LogP) is 7.91. The van der Waals surface area contributed by atoms with Gasteiger partial charge in [0.1, 0.15) is 12.4 Å². The minimum atomic E-state index is -0.122. The van der Waals surface area contributed by atoms with E-state index in [-0.39, 0.29) is 5.56 Å².